The zero-order chi connectivity index (χ0) is 18.4. The molecule has 0 aliphatic rings. The summed E-state index contributed by atoms with van der Waals surface area (Å²) in [7, 11) is 4.48. The summed E-state index contributed by atoms with van der Waals surface area (Å²) in [5.74, 6) is 0.901. The molecule has 0 saturated carbocycles. The second-order valence-corrected chi connectivity index (χ2v) is 5.13. The fraction of sp³-hybridized carbons (Fsp3) is 0.222. The fourth-order valence-corrected chi connectivity index (χ4v) is 2.27. The van der Waals surface area contributed by atoms with Gasteiger partial charge in [0.25, 0.3) is 5.91 Å². The first-order valence-electron chi connectivity index (χ1n) is 7.44. The lowest BCUT2D eigenvalue weighted by atomic mass is 10.1. The Hall–Kier alpha value is -3.22. The van der Waals surface area contributed by atoms with Crippen molar-refractivity contribution < 1.29 is 24.2 Å². The van der Waals surface area contributed by atoms with Gasteiger partial charge in [0.15, 0.2) is 11.5 Å². The molecule has 2 rings (SSSR count). The Kier molecular flexibility index (Phi) is 5.84. The summed E-state index contributed by atoms with van der Waals surface area (Å²) in [6.07, 6.45) is 0. The Morgan fingerprint density at radius 1 is 0.960 bits per heavy atom. The zero-order valence-electron chi connectivity index (χ0n) is 14.5. The molecule has 2 N–H and O–H groups in total. The summed E-state index contributed by atoms with van der Waals surface area (Å²) in [6.45, 7) is 1.68. The number of oxime groups is 1. The summed E-state index contributed by atoms with van der Waals surface area (Å²) in [6, 6.07) is 10.1. The van der Waals surface area contributed by atoms with Crippen LogP contribution in [-0.4, -0.2) is 38.2 Å². The Bertz CT molecular complexity index is 760. The van der Waals surface area contributed by atoms with Gasteiger partial charge in [0.2, 0.25) is 5.75 Å². The molecule has 2 aromatic carbocycles. The Morgan fingerprint density at radius 2 is 1.52 bits per heavy atom. The van der Waals surface area contributed by atoms with Crippen LogP contribution >= 0.6 is 0 Å². The number of ether oxygens (including phenoxy) is 3. The van der Waals surface area contributed by atoms with Crippen molar-refractivity contribution in [1.82, 2.24) is 0 Å². The molecule has 0 aliphatic carbocycles. The highest BCUT2D eigenvalue weighted by Crippen LogP contribution is 2.38. The second-order valence-electron chi connectivity index (χ2n) is 5.13. The molecule has 0 aliphatic heterocycles. The molecule has 0 heterocycles. The van der Waals surface area contributed by atoms with Crippen molar-refractivity contribution in [2.24, 2.45) is 5.16 Å². The molecular weight excluding hydrogens is 324 g/mol. The summed E-state index contributed by atoms with van der Waals surface area (Å²) in [4.78, 5) is 12.5. The molecule has 0 aromatic heterocycles. The van der Waals surface area contributed by atoms with E-state index >= 15 is 0 Å². The standard InChI is InChI=1S/C18H20N2O5/c1-11(20-22)12-5-7-14(8-6-12)19-18(21)13-9-15(23-2)17(25-4)16(10-13)24-3/h5-10,22H,1-4H3,(H,19,21)/b20-11+. The average molecular weight is 344 g/mol. The van der Waals surface area contributed by atoms with Gasteiger partial charge in [-0.3, -0.25) is 4.79 Å². The maximum atomic E-state index is 12.5. The lowest BCUT2D eigenvalue weighted by Gasteiger charge is -2.14. The van der Waals surface area contributed by atoms with Crippen molar-refractivity contribution >= 4 is 17.3 Å². The number of rotatable bonds is 6. The molecule has 0 fully saturated rings. The van der Waals surface area contributed by atoms with E-state index in [4.69, 9.17) is 19.4 Å². The minimum absolute atomic E-state index is 0.320. The van der Waals surface area contributed by atoms with Crippen molar-refractivity contribution in [2.45, 2.75) is 6.92 Å². The molecule has 7 nitrogen and oxygen atoms in total. The molecule has 0 atom stereocenters. The van der Waals surface area contributed by atoms with Crippen LogP contribution in [0.5, 0.6) is 17.2 Å². The number of amides is 1. The van der Waals surface area contributed by atoms with E-state index in [9.17, 15) is 4.79 Å². The summed E-state index contributed by atoms with van der Waals surface area (Å²) in [5.41, 5.74) is 2.22. The van der Waals surface area contributed by atoms with Crippen molar-refractivity contribution in [3.8, 4) is 17.2 Å². The number of hydrogen-bond donors (Lipinski definition) is 2. The number of anilines is 1. The van der Waals surface area contributed by atoms with Crippen molar-refractivity contribution in [3.63, 3.8) is 0 Å². The molecular formula is C18H20N2O5. The quantitative estimate of drug-likeness (QED) is 0.477. The lowest BCUT2D eigenvalue weighted by molar-refractivity contribution is 0.102. The number of nitrogens with one attached hydrogen (secondary N) is 1. The van der Waals surface area contributed by atoms with Gasteiger partial charge in [-0.15, -0.1) is 0 Å². The van der Waals surface area contributed by atoms with E-state index in [0.29, 0.717) is 34.2 Å². The van der Waals surface area contributed by atoms with Crippen LogP contribution in [0.25, 0.3) is 0 Å². The molecule has 25 heavy (non-hydrogen) atoms. The number of carbonyl (C=O) groups excluding carboxylic acids is 1. The van der Waals surface area contributed by atoms with Crippen LogP contribution in [0.2, 0.25) is 0 Å². The SMILES string of the molecule is COc1cc(C(=O)Nc2ccc(/C(C)=N/O)cc2)cc(OC)c1OC. The Balaban J connectivity index is 2.26. The average Bonchev–Trinajstić information content (AvgIpc) is 2.66. The van der Waals surface area contributed by atoms with E-state index < -0.39 is 0 Å². The van der Waals surface area contributed by atoms with Crippen LogP contribution in [0.3, 0.4) is 0 Å². The smallest absolute Gasteiger partial charge is 0.255 e. The number of nitrogens with zero attached hydrogens (tertiary/aromatic N) is 1. The van der Waals surface area contributed by atoms with Gasteiger partial charge in [0.05, 0.1) is 27.0 Å². The van der Waals surface area contributed by atoms with E-state index in [0.717, 1.165) is 5.56 Å². The summed E-state index contributed by atoms with van der Waals surface area (Å²) < 4.78 is 15.7. The topological polar surface area (TPSA) is 89.4 Å². The second kappa shape index (κ2) is 8.05. The third-order valence-corrected chi connectivity index (χ3v) is 3.64. The minimum Gasteiger partial charge on any atom is -0.493 e. The molecule has 2 aromatic rings. The van der Waals surface area contributed by atoms with Gasteiger partial charge in [0.1, 0.15) is 0 Å². The lowest BCUT2D eigenvalue weighted by Crippen LogP contribution is -2.12. The summed E-state index contributed by atoms with van der Waals surface area (Å²) >= 11 is 0. The molecule has 0 saturated heterocycles. The van der Waals surface area contributed by atoms with Gasteiger partial charge in [-0.25, -0.2) is 0 Å². The number of methoxy groups -OCH3 is 3. The van der Waals surface area contributed by atoms with Gasteiger partial charge in [-0.2, -0.15) is 0 Å². The number of hydrogen-bond acceptors (Lipinski definition) is 6. The Morgan fingerprint density at radius 3 is 1.96 bits per heavy atom. The van der Waals surface area contributed by atoms with E-state index in [-0.39, 0.29) is 5.91 Å². The van der Waals surface area contributed by atoms with Crippen molar-refractivity contribution in [3.05, 3.63) is 47.5 Å². The molecule has 0 unspecified atom stereocenters. The van der Waals surface area contributed by atoms with Crippen LogP contribution < -0.4 is 19.5 Å². The van der Waals surface area contributed by atoms with Crippen LogP contribution in [0.1, 0.15) is 22.8 Å². The molecule has 1 amide bonds. The van der Waals surface area contributed by atoms with Gasteiger partial charge in [-0.1, -0.05) is 17.3 Å². The predicted molar refractivity (Wildman–Crippen MR) is 94.5 cm³/mol. The first kappa shape index (κ1) is 18.1. The largest absolute Gasteiger partial charge is 0.493 e. The Labute approximate surface area is 145 Å². The monoisotopic (exact) mass is 344 g/mol. The van der Waals surface area contributed by atoms with Crippen molar-refractivity contribution in [2.75, 3.05) is 26.6 Å². The van der Waals surface area contributed by atoms with E-state index in [1.165, 1.54) is 21.3 Å². The van der Waals surface area contributed by atoms with Gasteiger partial charge < -0.3 is 24.7 Å². The van der Waals surface area contributed by atoms with Gasteiger partial charge in [0, 0.05) is 11.3 Å². The van der Waals surface area contributed by atoms with Crippen LogP contribution in [0, 0.1) is 0 Å². The highest BCUT2D eigenvalue weighted by atomic mass is 16.5. The molecule has 0 bridgehead atoms. The zero-order valence-corrected chi connectivity index (χ0v) is 14.5. The van der Waals surface area contributed by atoms with Crippen LogP contribution in [0.15, 0.2) is 41.6 Å². The summed E-state index contributed by atoms with van der Waals surface area (Å²) in [5, 5.41) is 14.7. The normalized spacial score (nSPS) is 11.0. The highest BCUT2D eigenvalue weighted by Gasteiger charge is 2.17. The molecule has 0 radical (unpaired) electrons. The minimum atomic E-state index is -0.320. The van der Waals surface area contributed by atoms with Crippen LogP contribution in [-0.2, 0) is 0 Å². The van der Waals surface area contributed by atoms with Crippen LogP contribution in [0.4, 0.5) is 5.69 Å². The third kappa shape index (κ3) is 4.00. The molecule has 0 spiro atoms. The number of benzene rings is 2. The van der Waals surface area contributed by atoms with E-state index in [1.54, 1.807) is 43.3 Å². The number of carbonyl (C=O) groups is 1. The van der Waals surface area contributed by atoms with E-state index in [1.807, 2.05) is 0 Å². The first-order chi connectivity index (χ1) is 12.0. The predicted octanol–water partition coefficient (Wildman–Crippen LogP) is 3.16. The molecule has 7 heteroatoms. The van der Waals surface area contributed by atoms with E-state index in [2.05, 4.69) is 10.5 Å². The fourth-order valence-electron chi connectivity index (χ4n) is 2.27. The molecule has 132 valence electrons. The maximum absolute atomic E-state index is 12.5. The first-order valence-corrected chi connectivity index (χ1v) is 7.44. The van der Waals surface area contributed by atoms with Crippen molar-refractivity contribution in [1.29, 1.82) is 0 Å². The van der Waals surface area contributed by atoms with Gasteiger partial charge in [-0.05, 0) is 36.8 Å². The highest BCUT2D eigenvalue weighted by molar-refractivity contribution is 6.05. The van der Waals surface area contributed by atoms with Gasteiger partial charge >= 0.3 is 0 Å². The maximum Gasteiger partial charge on any atom is 0.255 e. The third-order valence-electron chi connectivity index (χ3n) is 3.64.